The fourth-order valence-corrected chi connectivity index (χ4v) is 2.44. The van der Waals surface area contributed by atoms with Crippen molar-refractivity contribution < 1.29 is 9.84 Å². The summed E-state index contributed by atoms with van der Waals surface area (Å²) in [6, 6.07) is 7.76. The van der Waals surface area contributed by atoms with Crippen LogP contribution in [0.25, 0.3) is 0 Å². The summed E-state index contributed by atoms with van der Waals surface area (Å²) in [7, 11) is 1.58. The van der Waals surface area contributed by atoms with Gasteiger partial charge in [-0.3, -0.25) is 4.90 Å². The first-order valence-electron chi connectivity index (χ1n) is 6.61. The minimum Gasteiger partial charge on any atom is -0.495 e. The van der Waals surface area contributed by atoms with Crippen molar-refractivity contribution in [1.29, 1.82) is 5.26 Å². The maximum atomic E-state index is 9.90. The second-order valence-corrected chi connectivity index (χ2v) is 5.21. The third-order valence-electron chi connectivity index (χ3n) is 3.80. The van der Waals surface area contributed by atoms with Crippen molar-refractivity contribution in [1.82, 2.24) is 4.90 Å². The number of β-amino-alcohol motifs (C(OH)–C–C–N with tert-alkyl or cyclic N) is 1. The van der Waals surface area contributed by atoms with E-state index < -0.39 is 0 Å². The van der Waals surface area contributed by atoms with Crippen LogP contribution in [0.4, 0.5) is 0 Å². The lowest BCUT2D eigenvalue weighted by atomic mass is 9.95. The van der Waals surface area contributed by atoms with Crippen LogP contribution in [0, 0.1) is 17.2 Å². The van der Waals surface area contributed by atoms with Crippen LogP contribution in [-0.4, -0.2) is 36.3 Å². The predicted molar refractivity (Wildman–Crippen MR) is 72.8 cm³/mol. The van der Waals surface area contributed by atoms with Crippen molar-refractivity contribution in [2.24, 2.45) is 5.92 Å². The second kappa shape index (κ2) is 6.05. The van der Waals surface area contributed by atoms with Crippen molar-refractivity contribution >= 4 is 0 Å². The molecule has 2 unspecified atom stereocenters. The van der Waals surface area contributed by atoms with E-state index in [1.165, 1.54) is 0 Å². The minimum atomic E-state index is -0.242. The monoisotopic (exact) mass is 260 g/mol. The Morgan fingerprint density at radius 2 is 2.32 bits per heavy atom. The van der Waals surface area contributed by atoms with Gasteiger partial charge in [0.05, 0.1) is 18.8 Å². The van der Waals surface area contributed by atoms with E-state index in [1.807, 2.05) is 12.1 Å². The first kappa shape index (κ1) is 13.9. The smallest absolute Gasteiger partial charge is 0.136 e. The quantitative estimate of drug-likeness (QED) is 0.900. The Morgan fingerprint density at radius 1 is 1.53 bits per heavy atom. The van der Waals surface area contributed by atoms with Gasteiger partial charge in [0.1, 0.15) is 11.8 Å². The molecule has 0 bridgehead atoms. The van der Waals surface area contributed by atoms with E-state index in [4.69, 9.17) is 10.00 Å². The van der Waals surface area contributed by atoms with Gasteiger partial charge in [-0.05, 0) is 36.6 Å². The Bertz CT molecular complexity index is 482. The lowest BCUT2D eigenvalue weighted by Gasteiger charge is -2.34. The molecule has 1 aliphatic heterocycles. The molecule has 0 saturated carbocycles. The number of hydrogen-bond donors (Lipinski definition) is 1. The molecule has 0 aromatic heterocycles. The van der Waals surface area contributed by atoms with E-state index in [2.05, 4.69) is 17.9 Å². The number of ether oxygens (including phenoxy) is 1. The molecular weight excluding hydrogens is 240 g/mol. The normalized spacial score (nSPS) is 23.9. The van der Waals surface area contributed by atoms with Crippen LogP contribution in [0.1, 0.15) is 24.5 Å². The van der Waals surface area contributed by atoms with Gasteiger partial charge in [-0.25, -0.2) is 0 Å². The van der Waals surface area contributed by atoms with E-state index >= 15 is 0 Å². The van der Waals surface area contributed by atoms with Crippen LogP contribution < -0.4 is 4.74 Å². The zero-order valence-corrected chi connectivity index (χ0v) is 11.5. The average molecular weight is 260 g/mol. The largest absolute Gasteiger partial charge is 0.495 e. The molecule has 1 aromatic rings. The summed E-state index contributed by atoms with van der Waals surface area (Å²) in [6.45, 7) is 4.59. The molecule has 0 radical (unpaired) electrons. The molecule has 1 N–H and O–H groups in total. The zero-order valence-electron chi connectivity index (χ0n) is 11.5. The van der Waals surface area contributed by atoms with E-state index in [-0.39, 0.29) is 6.10 Å². The Hall–Kier alpha value is -1.57. The van der Waals surface area contributed by atoms with Gasteiger partial charge in [-0.1, -0.05) is 13.0 Å². The Kier molecular flexibility index (Phi) is 4.41. The summed E-state index contributed by atoms with van der Waals surface area (Å²) in [5.74, 6) is 0.998. The van der Waals surface area contributed by atoms with Gasteiger partial charge < -0.3 is 9.84 Å². The molecule has 102 valence electrons. The van der Waals surface area contributed by atoms with Gasteiger partial charge in [-0.15, -0.1) is 0 Å². The molecule has 0 amide bonds. The van der Waals surface area contributed by atoms with Gasteiger partial charge in [-0.2, -0.15) is 5.26 Å². The highest BCUT2D eigenvalue weighted by Crippen LogP contribution is 2.23. The topological polar surface area (TPSA) is 56.5 Å². The molecule has 2 atom stereocenters. The maximum Gasteiger partial charge on any atom is 0.136 e. The van der Waals surface area contributed by atoms with Gasteiger partial charge in [0, 0.05) is 13.1 Å². The summed E-state index contributed by atoms with van der Waals surface area (Å²) >= 11 is 0. The van der Waals surface area contributed by atoms with Crippen LogP contribution in [0.3, 0.4) is 0 Å². The zero-order chi connectivity index (χ0) is 13.8. The summed E-state index contributed by atoms with van der Waals surface area (Å²) in [4.78, 5) is 2.24. The van der Waals surface area contributed by atoms with Crippen molar-refractivity contribution in [2.45, 2.75) is 26.0 Å². The highest BCUT2D eigenvalue weighted by molar-refractivity contribution is 5.45. The van der Waals surface area contributed by atoms with Crippen LogP contribution in [0.15, 0.2) is 18.2 Å². The molecule has 4 nitrogen and oxygen atoms in total. The number of piperidine rings is 1. The lowest BCUT2D eigenvalue weighted by Crippen LogP contribution is -2.42. The SMILES string of the molecule is COc1cc(CN2CCC(C)C(O)C2)ccc1C#N. The molecule has 2 rings (SSSR count). The molecule has 4 heteroatoms. The van der Waals surface area contributed by atoms with E-state index in [0.717, 1.165) is 25.1 Å². The first-order chi connectivity index (χ1) is 9.13. The number of hydrogen-bond acceptors (Lipinski definition) is 4. The molecular formula is C15H20N2O2. The number of aliphatic hydroxyl groups is 1. The second-order valence-electron chi connectivity index (χ2n) is 5.21. The van der Waals surface area contributed by atoms with Gasteiger partial charge in [0.15, 0.2) is 0 Å². The number of methoxy groups -OCH3 is 1. The molecule has 1 saturated heterocycles. The fraction of sp³-hybridized carbons (Fsp3) is 0.533. The number of rotatable bonds is 3. The number of nitriles is 1. The molecule has 0 spiro atoms. The Balaban J connectivity index is 2.06. The Morgan fingerprint density at radius 3 is 2.95 bits per heavy atom. The summed E-state index contributed by atoms with van der Waals surface area (Å²) in [5.41, 5.74) is 1.66. The number of nitrogens with zero attached hydrogens (tertiary/aromatic N) is 2. The first-order valence-corrected chi connectivity index (χ1v) is 6.61. The van der Waals surface area contributed by atoms with Crippen LogP contribution in [-0.2, 0) is 6.54 Å². The molecule has 0 aliphatic carbocycles. The van der Waals surface area contributed by atoms with E-state index in [1.54, 1.807) is 13.2 Å². The fourth-order valence-electron chi connectivity index (χ4n) is 2.44. The van der Waals surface area contributed by atoms with Gasteiger partial charge >= 0.3 is 0 Å². The average Bonchev–Trinajstić information content (AvgIpc) is 2.43. The highest BCUT2D eigenvalue weighted by Gasteiger charge is 2.24. The summed E-state index contributed by atoms with van der Waals surface area (Å²) in [5, 5.41) is 18.9. The van der Waals surface area contributed by atoms with Crippen molar-refractivity contribution in [3.8, 4) is 11.8 Å². The van der Waals surface area contributed by atoms with Crippen molar-refractivity contribution in [3.63, 3.8) is 0 Å². The van der Waals surface area contributed by atoms with Crippen molar-refractivity contribution in [2.75, 3.05) is 20.2 Å². The maximum absolute atomic E-state index is 9.90. The van der Waals surface area contributed by atoms with Crippen LogP contribution in [0.5, 0.6) is 5.75 Å². The molecule has 19 heavy (non-hydrogen) atoms. The molecule has 1 heterocycles. The standard InChI is InChI=1S/C15H20N2O2/c1-11-5-6-17(10-14(11)18)9-12-3-4-13(8-16)15(7-12)19-2/h3-4,7,11,14,18H,5-6,9-10H2,1-2H3. The number of benzene rings is 1. The highest BCUT2D eigenvalue weighted by atomic mass is 16.5. The molecule has 1 aromatic carbocycles. The lowest BCUT2D eigenvalue weighted by molar-refractivity contribution is 0.0259. The van der Waals surface area contributed by atoms with E-state index in [9.17, 15) is 5.11 Å². The number of aliphatic hydroxyl groups excluding tert-OH is 1. The Labute approximate surface area is 114 Å². The van der Waals surface area contributed by atoms with Crippen LogP contribution in [0.2, 0.25) is 0 Å². The summed E-state index contributed by atoms with van der Waals surface area (Å²) < 4.78 is 5.21. The minimum absolute atomic E-state index is 0.242. The predicted octanol–water partition coefficient (Wildman–Crippen LogP) is 1.77. The van der Waals surface area contributed by atoms with E-state index in [0.29, 0.717) is 23.8 Å². The molecule has 1 aliphatic rings. The van der Waals surface area contributed by atoms with Crippen molar-refractivity contribution in [3.05, 3.63) is 29.3 Å². The molecule has 1 fully saturated rings. The third-order valence-corrected chi connectivity index (χ3v) is 3.80. The van der Waals surface area contributed by atoms with Crippen LogP contribution >= 0.6 is 0 Å². The third kappa shape index (κ3) is 3.25. The number of likely N-dealkylation sites (tertiary alicyclic amines) is 1. The van der Waals surface area contributed by atoms with Gasteiger partial charge in [0.25, 0.3) is 0 Å². The van der Waals surface area contributed by atoms with Gasteiger partial charge in [0.2, 0.25) is 0 Å². The summed E-state index contributed by atoms with van der Waals surface area (Å²) in [6.07, 6.45) is 0.781.